The molecule has 0 radical (unpaired) electrons. The second-order valence-corrected chi connectivity index (χ2v) is 3.66. The van der Waals surface area contributed by atoms with Gasteiger partial charge in [0.15, 0.2) is 0 Å². The van der Waals surface area contributed by atoms with Crippen LogP contribution in [-0.4, -0.2) is 17.9 Å². The van der Waals surface area contributed by atoms with Crippen molar-refractivity contribution in [2.45, 2.75) is 12.8 Å². The highest BCUT2D eigenvalue weighted by Gasteiger charge is 2.17. The number of nitrogens with zero attached hydrogens (tertiary/aromatic N) is 1. The first-order chi connectivity index (χ1) is 6.56. The van der Waals surface area contributed by atoms with Crippen LogP contribution in [0, 0.1) is 0 Å². The smallest absolute Gasteiger partial charge is 0.227 e. The summed E-state index contributed by atoms with van der Waals surface area (Å²) in [5.74, 6) is -0.429. The van der Waals surface area contributed by atoms with Gasteiger partial charge in [0.1, 0.15) is 5.15 Å². The minimum absolute atomic E-state index is 0.103. The number of aromatic nitrogens is 1. The third-order valence-electron chi connectivity index (χ3n) is 1.96. The van der Waals surface area contributed by atoms with Crippen LogP contribution in [0.4, 0.5) is 0 Å². The van der Waals surface area contributed by atoms with Crippen LogP contribution in [0.25, 0.3) is 0 Å². The lowest BCUT2D eigenvalue weighted by Crippen LogP contribution is -2.24. The van der Waals surface area contributed by atoms with Crippen LogP contribution in [0.15, 0.2) is 12.3 Å². The van der Waals surface area contributed by atoms with Crippen LogP contribution in [-0.2, 0) is 4.79 Å². The van der Waals surface area contributed by atoms with Crippen LogP contribution in [0.2, 0.25) is 10.2 Å². The summed E-state index contributed by atoms with van der Waals surface area (Å²) in [6.07, 6.45) is 1.44. The Morgan fingerprint density at radius 3 is 2.79 bits per heavy atom. The highest BCUT2D eigenvalue weighted by molar-refractivity contribution is 6.33. The Morgan fingerprint density at radius 2 is 2.21 bits per heavy atom. The summed E-state index contributed by atoms with van der Waals surface area (Å²) in [6, 6.07) is 1.60. The van der Waals surface area contributed by atoms with Crippen LogP contribution < -0.4 is 5.32 Å². The number of halogens is 2. The van der Waals surface area contributed by atoms with E-state index in [9.17, 15) is 4.79 Å². The fourth-order valence-corrected chi connectivity index (χ4v) is 1.55. The van der Waals surface area contributed by atoms with Gasteiger partial charge in [0.25, 0.3) is 0 Å². The maximum Gasteiger partial charge on any atom is 0.227 e. The van der Waals surface area contributed by atoms with Gasteiger partial charge in [-0.25, -0.2) is 4.98 Å². The Labute approximate surface area is 92.4 Å². The van der Waals surface area contributed by atoms with Gasteiger partial charge in [0, 0.05) is 13.2 Å². The van der Waals surface area contributed by atoms with E-state index in [0.29, 0.717) is 15.7 Å². The molecule has 0 saturated carbocycles. The molecule has 0 aliphatic rings. The maximum absolute atomic E-state index is 11.3. The van der Waals surface area contributed by atoms with Gasteiger partial charge in [-0.05, 0) is 18.6 Å². The van der Waals surface area contributed by atoms with Crippen molar-refractivity contribution in [3.8, 4) is 0 Å². The molecule has 14 heavy (non-hydrogen) atoms. The van der Waals surface area contributed by atoms with Crippen molar-refractivity contribution in [2.24, 2.45) is 0 Å². The average Bonchev–Trinajstić information content (AvgIpc) is 2.19. The summed E-state index contributed by atoms with van der Waals surface area (Å²) < 4.78 is 0. The van der Waals surface area contributed by atoms with Gasteiger partial charge in [-0.15, -0.1) is 0 Å². The van der Waals surface area contributed by atoms with Crippen molar-refractivity contribution in [1.82, 2.24) is 10.3 Å². The van der Waals surface area contributed by atoms with Crippen molar-refractivity contribution in [2.75, 3.05) is 7.05 Å². The number of carbonyl (C=O) groups excluding carboxylic acids is 1. The topological polar surface area (TPSA) is 42.0 Å². The van der Waals surface area contributed by atoms with Gasteiger partial charge < -0.3 is 5.32 Å². The summed E-state index contributed by atoms with van der Waals surface area (Å²) in [4.78, 5) is 15.2. The molecule has 1 atom stereocenters. The predicted molar refractivity (Wildman–Crippen MR) is 56.7 cm³/mol. The molecule has 1 unspecified atom stereocenters. The lowest BCUT2D eigenvalue weighted by molar-refractivity contribution is -0.121. The van der Waals surface area contributed by atoms with Gasteiger partial charge in [-0.1, -0.05) is 23.2 Å². The summed E-state index contributed by atoms with van der Waals surface area (Å²) in [6.45, 7) is 1.76. The van der Waals surface area contributed by atoms with Gasteiger partial charge in [-0.3, -0.25) is 4.79 Å². The van der Waals surface area contributed by atoms with Crippen LogP contribution in [0.1, 0.15) is 18.4 Å². The van der Waals surface area contributed by atoms with Crippen molar-refractivity contribution < 1.29 is 4.79 Å². The number of likely N-dealkylation sites (N-methyl/N-ethyl adjacent to an activating group) is 1. The number of carbonyl (C=O) groups is 1. The molecule has 1 N–H and O–H groups in total. The molecule has 3 nitrogen and oxygen atoms in total. The molecule has 0 saturated heterocycles. The second-order valence-electron chi connectivity index (χ2n) is 2.86. The molecule has 1 rings (SSSR count). The molecule has 0 spiro atoms. The monoisotopic (exact) mass is 232 g/mol. The lowest BCUT2D eigenvalue weighted by Gasteiger charge is -2.11. The Morgan fingerprint density at radius 1 is 1.57 bits per heavy atom. The largest absolute Gasteiger partial charge is 0.359 e. The van der Waals surface area contributed by atoms with Crippen molar-refractivity contribution in [3.05, 3.63) is 28.0 Å². The molecule has 0 bridgehead atoms. The molecule has 0 aliphatic heterocycles. The van der Waals surface area contributed by atoms with Gasteiger partial charge >= 0.3 is 0 Å². The maximum atomic E-state index is 11.3. The quantitative estimate of drug-likeness (QED) is 0.796. The molecule has 0 fully saturated rings. The standard InChI is InChI=1S/C9H10Cl2N2O/c1-5(9(14)12-2)6-3-8(11)13-4-7(6)10/h3-5H,1-2H3,(H,12,14). The van der Waals surface area contributed by atoms with E-state index in [0.717, 1.165) is 0 Å². The van der Waals surface area contributed by atoms with Crippen LogP contribution >= 0.6 is 23.2 Å². The minimum atomic E-state index is -0.326. The molecule has 5 heteroatoms. The first kappa shape index (κ1) is 11.3. The SMILES string of the molecule is CNC(=O)C(C)c1cc(Cl)ncc1Cl. The molecular formula is C9H10Cl2N2O. The fraction of sp³-hybridized carbons (Fsp3) is 0.333. The molecular weight excluding hydrogens is 223 g/mol. The van der Waals surface area contributed by atoms with Gasteiger partial charge in [-0.2, -0.15) is 0 Å². The van der Waals surface area contributed by atoms with E-state index in [2.05, 4.69) is 10.3 Å². The van der Waals surface area contributed by atoms with E-state index in [1.54, 1.807) is 20.0 Å². The highest BCUT2D eigenvalue weighted by atomic mass is 35.5. The van der Waals surface area contributed by atoms with E-state index < -0.39 is 0 Å². The fourth-order valence-electron chi connectivity index (χ4n) is 1.12. The lowest BCUT2D eigenvalue weighted by atomic mass is 10.0. The zero-order chi connectivity index (χ0) is 10.7. The van der Waals surface area contributed by atoms with Crippen LogP contribution in [0.3, 0.4) is 0 Å². The zero-order valence-electron chi connectivity index (χ0n) is 7.84. The second kappa shape index (κ2) is 4.62. The Balaban J connectivity index is 3.05. The highest BCUT2D eigenvalue weighted by Crippen LogP contribution is 2.25. The summed E-state index contributed by atoms with van der Waals surface area (Å²) in [5, 5.41) is 3.33. The Hall–Kier alpha value is -0.800. The van der Waals surface area contributed by atoms with Crippen LogP contribution in [0.5, 0.6) is 0 Å². The normalized spacial score (nSPS) is 12.3. The summed E-state index contributed by atoms with van der Waals surface area (Å²) in [5.41, 5.74) is 0.686. The number of nitrogens with one attached hydrogen (secondary N) is 1. The number of rotatable bonds is 2. The molecule has 1 amide bonds. The van der Waals surface area contributed by atoms with E-state index >= 15 is 0 Å². The van der Waals surface area contributed by atoms with Gasteiger partial charge in [0.05, 0.1) is 10.9 Å². The molecule has 76 valence electrons. The summed E-state index contributed by atoms with van der Waals surface area (Å²) >= 11 is 11.6. The first-order valence-corrected chi connectivity index (χ1v) is 4.84. The molecule has 1 aromatic rings. The molecule has 1 heterocycles. The number of pyridine rings is 1. The van der Waals surface area contributed by atoms with Crippen molar-refractivity contribution in [1.29, 1.82) is 0 Å². The Bertz CT molecular complexity index is 355. The molecule has 0 aliphatic carbocycles. The first-order valence-electron chi connectivity index (χ1n) is 4.08. The third kappa shape index (κ3) is 2.36. The van der Waals surface area contributed by atoms with E-state index in [4.69, 9.17) is 23.2 Å². The van der Waals surface area contributed by atoms with E-state index in [1.807, 2.05) is 0 Å². The zero-order valence-corrected chi connectivity index (χ0v) is 9.36. The van der Waals surface area contributed by atoms with E-state index in [1.165, 1.54) is 6.20 Å². The average molecular weight is 233 g/mol. The number of amides is 1. The predicted octanol–water partition coefficient (Wildman–Crippen LogP) is 2.24. The van der Waals surface area contributed by atoms with Crippen molar-refractivity contribution >= 4 is 29.1 Å². The van der Waals surface area contributed by atoms with Gasteiger partial charge in [0.2, 0.25) is 5.91 Å². The Kier molecular flexibility index (Phi) is 3.72. The number of hydrogen-bond donors (Lipinski definition) is 1. The van der Waals surface area contributed by atoms with E-state index in [-0.39, 0.29) is 11.8 Å². The summed E-state index contributed by atoms with van der Waals surface area (Å²) in [7, 11) is 1.58. The number of hydrogen-bond acceptors (Lipinski definition) is 2. The van der Waals surface area contributed by atoms with Crippen molar-refractivity contribution in [3.63, 3.8) is 0 Å². The molecule has 0 aromatic carbocycles. The molecule has 1 aromatic heterocycles. The third-order valence-corrected chi connectivity index (χ3v) is 2.48. The minimum Gasteiger partial charge on any atom is -0.359 e.